The summed E-state index contributed by atoms with van der Waals surface area (Å²) < 4.78 is 11.2. The number of hydrogen-bond acceptors (Lipinski definition) is 4. The Morgan fingerprint density at radius 2 is 1.91 bits per heavy atom. The van der Waals surface area contributed by atoms with Crippen LogP contribution in [-0.4, -0.2) is 11.7 Å². The van der Waals surface area contributed by atoms with Gasteiger partial charge in [-0.15, -0.1) is 0 Å². The van der Waals surface area contributed by atoms with Crippen molar-refractivity contribution in [2.45, 2.75) is 13.8 Å². The van der Waals surface area contributed by atoms with Gasteiger partial charge in [0.25, 0.3) is 0 Å². The van der Waals surface area contributed by atoms with E-state index in [9.17, 15) is 9.90 Å². The molecule has 4 nitrogen and oxygen atoms in total. The van der Waals surface area contributed by atoms with Crippen LogP contribution in [0.4, 0.5) is 0 Å². The molecule has 0 amide bonds. The predicted molar refractivity (Wildman–Crippen MR) is 85.5 cm³/mol. The molecular weight excluding hydrogens is 280 g/mol. The summed E-state index contributed by atoms with van der Waals surface area (Å²) in [5.74, 6) is 0.853. The van der Waals surface area contributed by atoms with Gasteiger partial charge < -0.3 is 14.3 Å². The molecule has 3 rings (SSSR count). The van der Waals surface area contributed by atoms with E-state index in [2.05, 4.69) is 0 Å². The second-order valence-electron chi connectivity index (χ2n) is 4.98. The van der Waals surface area contributed by atoms with Gasteiger partial charge in [-0.1, -0.05) is 30.3 Å². The lowest BCUT2D eigenvalue weighted by atomic mass is 10.0. The third kappa shape index (κ3) is 2.33. The van der Waals surface area contributed by atoms with Gasteiger partial charge in [0.2, 0.25) is 5.43 Å². The lowest BCUT2D eigenvalue weighted by Gasteiger charge is -2.11. The molecule has 0 fully saturated rings. The monoisotopic (exact) mass is 296 g/mol. The van der Waals surface area contributed by atoms with Crippen LogP contribution in [-0.2, 0) is 0 Å². The highest BCUT2D eigenvalue weighted by Gasteiger charge is 2.17. The maximum absolute atomic E-state index is 12.9. The number of aromatic hydroxyl groups is 1. The summed E-state index contributed by atoms with van der Waals surface area (Å²) >= 11 is 0. The van der Waals surface area contributed by atoms with Crippen molar-refractivity contribution in [2.75, 3.05) is 6.61 Å². The van der Waals surface area contributed by atoms with E-state index < -0.39 is 0 Å². The molecule has 0 saturated carbocycles. The van der Waals surface area contributed by atoms with Crippen LogP contribution in [0.25, 0.3) is 22.1 Å². The van der Waals surface area contributed by atoms with E-state index in [4.69, 9.17) is 9.15 Å². The predicted octanol–water partition coefficient (Wildman–Crippen LogP) is 3.87. The van der Waals surface area contributed by atoms with Crippen LogP contribution in [0, 0.1) is 6.92 Å². The molecule has 3 aromatic rings. The molecule has 0 spiro atoms. The highest BCUT2D eigenvalue weighted by atomic mass is 16.5. The average Bonchev–Trinajstić information content (AvgIpc) is 2.47. The summed E-state index contributed by atoms with van der Waals surface area (Å²) in [6, 6.07) is 12.2. The SMILES string of the molecule is CCOc1cc(O)cc2oc(C)c(-c3ccccc3)c(=O)c12. The molecule has 0 radical (unpaired) electrons. The zero-order valence-corrected chi connectivity index (χ0v) is 12.4. The number of ether oxygens (including phenoxy) is 1. The van der Waals surface area contributed by atoms with Crippen molar-refractivity contribution in [3.05, 3.63) is 58.4 Å². The Bertz CT molecular complexity index is 879. The van der Waals surface area contributed by atoms with Crippen molar-refractivity contribution in [2.24, 2.45) is 0 Å². The molecule has 22 heavy (non-hydrogen) atoms. The van der Waals surface area contributed by atoms with Crippen molar-refractivity contribution < 1.29 is 14.3 Å². The number of fused-ring (bicyclic) bond motifs is 1. The van der Waals surface area contributed by atoms with Crippen LogP contribution in [0.1, 0.15) is 12.7 Å². The van der Waals surface area contributed by atoms with E-state index in [1.165, 1.54) is 12.1 Å². The molecule has 112 valence electrons. The Hall–Kier alpha value is -2.75. The molecule has 0 atom stereocenters. The summed E-state index contributed by atoms with van der Waals surface area (Å²) in [6.07, 6.45) is 0. The molecule has 0 bridgehead atoms. The van der Waals surface area contributed by atoms with Gasteiger partial charge in [-0.3, -0.25) is 4.79 Å². The number of phenolic OH excluding ortho intramolecular Hbond substituents is 1. The molecular formula is C18H16O4. The Balaban J connectivity index is 2.39. The van der Waals surface area contributed by atoms with Crippen molar-refractivity contribution in [1.29, 1.82) is 0 Å². The molecule has 2 aromatic carbocycles. The first-order valence-electron chi connectivity index (χ1n) is 7.10. The first kappa shape index (κ1) is 14.2. The number of rotatable bonds is 3. The fraction of sp³-hybridized carbons (Fsp3) is 0.167. The highest BCUT2D eigenvalue weighted by Crippen LogP contribution is 2.32. The average molecular weight is 296 g/mol. The summed E-state index contributed by atoms with van der Waals surface area (Å²) in [7, 11) is 0. The van der Waals surface area contributed by atoms with Gasteiger partial charge in [0, 0.05) is 12.1 Å². The molecule has 0 saturated heterocycles. The van der Waals surface area contributed by atoms with E-state index in [1.807, 2.05) is 37.3 Å². The molecule has 4 heteroatoms. The van der Waals surface area contributed by atoms with Gasteiger partial charge in [0.05, 0.1) is 12.2 Å². The summed E-state index contributed by atoms with van der Waals surface area (Å²) in [4.78, 5) is 12.9. The number of hydrogen-bond donors (Lipinski definition) is 1. The van der Waals surface area contributed by atoms with E-state index in [-0.39, 0.29) is 11.2 Å². The largest absolute Gasteiger partial charge is 0.508 e. The number of aryl methyl sites for hydroxylation is 1. The molecule has 0 aliphatic carbocycles. The van der Waals surface area contributed by atoms with Gasteiger partial charge in [-0.05, 0) is 19.4 Å². The zero-order valence-electron chi connectivity index (χ0n) is 12.4. The fourth-order valence-corrected chi connectivity index (χ4v) is 2.59. The van der Waals surface area contributed by atoms with Crippen molar-refractivity contribution in [3.8, 4) is 22.6 Å². The van der Waals surface area contributed by atoms with Crippen molar-refractivity contribution >= 4 is 11.0 Å². The van der Waals surface area contributed by atoms with Gasteiger partial charge in [-0.2, -0.15) is 0 Å². The Morgan fingerprint density at radius 3 is 2.59 bits per heavy atom. The minimum absolute atomic E-state index is 0.00552. The van der Waals surface area contributed by atoms with Crippen LogP contribution in [0.2, 0.25) is 0 Å². The summed E-state index contributed by atoms with van der Waals surface area (Å²) in [6.45, 7) is 3.96. The lowest BCUT2D eigenvalue weighted by molar-refractivity contribution is 0.341. The quantitative estimate of drug-likeness (QED) is 0.797. The summed E-state index contributed by atoms with van der Waals surface area (Å²) in [5.41, 5.74) is 1.48. The second kappa shape index (κ2) is 5.56. The smallest absolute Gasteiger partial charge is 0.204 e. The molecule has 1 N–H and O–H groups in total. The first-order valence-corrected chi connectivity index (χ1v) is 7.10. The maximum Gasteiger partial charge on any atom is 0.204 e. The van der Waals surface area contributed by atoms with Gasteiger partial charge in [0.1, 0.15) is 28.2 Å². The van der Waals surface area contributed by atoms with Crippen LogP contribution < -0.4 is 10.2 Å². The van der Waals surface area contributed by atoms with E-state index in [0.717, 1.165) is 5.56 Å². The molecule has 0 aliphatic rings. The Labute approximate surface area is 127 Å². The standard InChI is InChI=1S/C18H16O4/c1-3-21-14-9-13(19)10-15-17(14)18(20)16(11(2)22-15)12-7-5-4-6-8-12/h4-10,19H,3H2,1-2H3. The van der Waals surface area contributed by atoms with E-state index in [0.29, 0.717) is 34.6 Å². The minimum atomic E-state index is -0.159. The van der Waals surface area contributed by atoms with Crippen LogP contribution >= 0.6 is 0 Å². The van der Waals surface area contributed by atoms with Crippen molar-refractivity contribution in [1.82, 2.24) is 0 Å². The molecule has 1 heterocycles. The van der Waals surface area contributed by atoms with Gasteiger partial charge in [-0.25, -0.2) is 0 Å². The molecule has 0 aliphatic heterocycles. The highest BCUT2D eigenvalue weighted by molar-refractivity contribution is 5.89. The second-order valence-corrected chi connectivity index (χ2v) is 4.98. The van der Waals surface area contributed by atoms with Crippen LogP contribution in [0.5, 0.6) is 11.5 Å². The molecule has 0 unspecified atom stereocenters. The fourth-order valence-electron chi connectivity index (χ4n) is 2.59. The topological polar surface area (TPSA) is 59.7 Å². The Morgan fingerprint density at radius 1 is 1.18 bits per heavy atom. The van der Waals surface area contributed by atoms with E-state index >= 15 is 0 Å². The van der Waals surface area contributed by atoms with Gasteiger partial charge in [0.15, 0.2) is 0 Å². The number of benzene rings is 2. The minimum Gasteiger partial charge on any atom is -0.508 e. The van der Waals surface area contributed by atoms with Crippen molar-refractivity contribution in [3.63, 3.8) is 0 Å². The van der Waals surface area contributed by atoms with Gasteiger partial charge >= 0.3 is 0 Å². The number of phenols is 1. The third-order valence-corrected chi connectivity index (χ3v) is 3.48. The Kier molecular flexibility index (Phi) is 3.59. The third-order valence-electron chi connectivity index (χ3n) is 3.48. The molecule has 1 aromatic heterocycles. The normalized spacial score (nSPS) is 10.8. The first-order chi connectivity index (χ1) is 10.6. The zero-order chi connectivity index (χ0) is 15.7. The lowest BCUT2D eigenvalue weighted by Crippen LogP contribution is -2.09. The van der Waals surface area contributed by atoms with Crippen LogP contribution in [0.15, 0.2) is 51.7 Å². The van der Waals surface area contributed by atoms with E-state index in [1.54, 1.807) is 6.92 Å². The van der Waals surface area contributed by atoms with Crippen LogP contribution in [0.3, 0.4) is 0 Å². The summed E-state index contributed by atoms with van der Waals surface area (Å²) in [5, 5.41) is 10.1. The maximum atomic E-state index is 12.9.